The van der Waals surface area contributed by atoms with Gasteiger partial charge in [0, 0.05) is 23.4 Å². The van der Waals surface area contributed by atoms with Crippen LogP contribution in [0, 0.1) is 0 Å². The van der Waals surface area contributed by atoms with Gasteiger partial charge in [-0.15, -0.1) is 11.3 Å². The molecule has 1 aliphatic heterocycles. The number of fused-ring (bicyclic) bond motifs is 2. The average Bonchev–Trinajstić information content (AvgIpc) is 3.25. The molecule has 0 bridgehead atoms. The van der Waals surface area contributed by atoms with Crippen molar-refractivity contribution in [3.63, 3.8) is 0 Å². The fraction of sp³-hybridized carbons (Fsp3) is 0.250. The number of benzene rings is 1. The van der Waals surface area contributed by atoms with Crippen LogP contribution in [-0.4, -0.2) is 40.5 Å². The van der Waals surface area contributed by atoms with Crippen molar-refractivity contribution in [2.45, 2.75) is 13.0 Å². The van der Waals surface area contributed by atoms with Crippen LogP contribution >= 0.6 is 22.7 Å². The van der Waals surface area contributed by atoms with Crippen LogP contribution in [-0.2, 0) is 17.7 Å². The number of methoxy groups -OCH3 is 1. The first-order chi connectivity index (χ1) is 12.1. The SMILES string of the molecule is COC(=O)Nc1nc2c(s1)CN(C(=O)c1ccc3ncsc3c1)CC2. The topological polar surface area (TPSA) is 84.4 Å². The molecule has 9 heteroatoms. The van der Waals surface area contributed by atoms with Crippen molar-refractivity contribution in [3.8, 4) is 0 Å². The van der Waals surface area contributed by atoms with Gasteiger partial charge in [0.05, 0.1) is 35.1 Å². The molecular formula is C16H14N4O3S2. The van der Waals surface area contributed by atoms with Gasteiger partial charge in [-0.05, 0) is 18.2 Å². The zero-order valence-electron chi connectivity index (χ0n) is 13.3. The third-order valence-electron chi connectivity index (χ3n) is 3.99. The molecule has 2 aromatic heterocycles. The second kappa shape index (κ2) is 6.41. The van der Waals surface area contributed by atoms with Gasteiger partial charge in [-0.25, -0.2) is 14.8 Å². The van der Waals surface area contributed by atoms with E-state index in [9.17, 15) is 9.59 Å². The lowest BCUT2D eigenvalue weighted by molar-refractivity contribution is 0.0736. The Morgan fingerprint density at radius 3 is 3.08 bits per heavy atom. The van der Waals surface area contributed by atoms with E-state index in [1.165, 1.54) is 29.8 Å². The van der Waals surface area contributed by atoms with Crippen LogP contribution in [0.5, 0.6) is 0 Å². The van der Waals surface area contributed by atoms with E-state index in [0.29, 0.717) is 30.2 Å². The second-order valence-corrected chi connectivity index (χ2v) is 7.49. The summed E-state index contributed by atoms with van der Waals surface area (Å²) in [6.45, 7) is 1.10. The van der Waals surface area contributed by atoms with E-state index >= 15 is 0 Å². The normalized spacial score (nSPS) is 13.6. The number of carbonyl (C=O) groups excluding carboxylic acids is 2. The van der Waals surface area contributed by atoms with Crippen LogP contribution in [0.1, 0.15) is 20.9 Å². The zero-order valence-corrected chi connectivity index (χ0v) is 14.9. The van der Waals surface area contributed by atoms with Gasteiger partial charge in [-0.3, -0.25) is 10.1 Å². The zero-order chi connectivity index (χ0) is 17.4. The molecule has 0 saturated heterocycles. The summed E-state index contributed by atoms with van der Waals surface area (Å²) >= 11 is 2.90. The van der Waals surface area contributed by atoms with Crippen molar-refractivity contribution in [1.29, 1.82) is 0 Å². The Labute approximate surface area is 151 Å². The molecule has 4 rings (SSSR count). The summed E-state index contributed by atoms with van der Waals surface area (Å²) in [5, 5.41) is 3.08. The Balaban J connectivity index is 1.53. The molecule has 0 unspecified atom stereocenters. The molecule has 3 aromatic rings. The van der Waals surface area contributed by atoms with Gasteiger partial charge in [-0.1, -0.05) is 11.3 Å². The summed E-state index contributed by atoms with van der Waals surface area (Å²) in [4.78, 5) is 35.6. The van der Waals surface area contributed by atoms with Crippen molar-refractivity contribution in [1.82, 2.24) is 14.9 Å². The highest BCUT2D eigenvalue weighted by Gasteiger charge is 2.25. The van der Waals surface area contributed by atoms with E-state index in [4.69, 9.17) is 0 Å². The number of anilines is 1. The van der Waals surface area contributed by atoms with Gasteiger partial charge in [0.15, 0.2) is 5.13 Å². The number of hydrogen-bond acceptors (Lipinski definition) is 7. The molecule has 0 saturated carbocycles. The standard InChI is InChI=1S/C16H14N4O3S2/c1-23-16(22)19-15-18-11-4-5-20(7-13(11)25-15)14(21)9-2-3-10-12(6-9)24-8-17-10/h2-3,6,8H,4-5,7H2,1H3,(H,18,19,22). The number of aromatic nitrogens is 2. The number of hydrogen-bond donors (Lipinski definition) is 1. The molecule has 0 aliphatic carbocycles. The first kappa shape index (κ1) is 16.0. The predicted octanol–water partition coefficient (Wildman–Crippen LogP) is 3.13. The van der Waals surface area contributed by atoms with Gasteiger partial charge in [-0.2, -0.15) is 0 Å². The summed E-state index contributed by atoms with van der Waals surface area (Å²) in [6, 6.07) is 5.58. The average molecular weight is 374 g/mol. The fourth-order valence-electron chi connectivity index (χ4n) is 2.73. The Kier molecular flexibility index (Phi) is 4.10. The number of nitrogens with one attached hydrogen (secondary N) is 1. The molecule has 1 aliphatic rings. The predicted molar refractivity (Wildman–Crippen MR) is 96.2 cm³/mol. The third-order valence-corrected chi connectivity index (χ3v) is 5.78. The largest absolute Gasteiger partial charge is 0.453 e. The first-order valence-corrected chi connectivity index (χ1v) is 9.30. The van der Waals surface area contributed by atoms with E-state index in [2.05, 4.69) is 20.0 Å². The number of carbonyl (C=O) groups is 2. The number of rotatable bonds is 2. The van der Waals surface area contributed by atoms with E-state index in [1.807, 2.05) is 23.1 Å². The lowest BCUT2D eigenvalue weighted by atomic mass is 10.1. The van der Waals surface area contributed by atoms with Crippen LogP contribution in [0.4, 0.5) is 9.93 Å². The highest BCUT2D eigenvalue weighted by molar-refractivity contribution is 7.16. The first-order valence-electron chi connectivity index (χ1n) is 7.60. The van der Waals surface area contributed by atoms with E-state index < -0.39 is 6.09 Å². The Morgan fingerprint density at radius 1 is 1.36 bits per heavy atom. The maximum Gasteiger partial charge on any atom is 0.413 e. The molecule has 0 spiro atoms. The van der Waals surface area contributed by atoms with Gasteiger partial charge < -0.3 is 9.64 Å². The second-order valence-electron chi connectivity index (χ2n) is 5.52. The van der Waals surface area contributed by atoms with E-state index in [-0.39, 0.29) is 5.91 Å². The lowest BCUT2D eigenvalue weighted by Gasteiger charge is -2.26. The van der Waals surface area contributed by atoms with Crippen LogP contribution in [0.3, 0.4) is 0 Å². The van der Waals surface area contributed by atoms with Crippen LogP contribution in [0.2, 0.25) is 0 Å². The third kappa shape index (κ3) is 3.08. The minimum absolute atomic E-state index is 0.00294. The quantitative estimate of drug-likeness (QED) is 0.745. The van der Waals surface area contributed by atoms with E-state index in [1.54, 1.807) is 5.51 Å². The Hall–Kier alpha value is -2.52. The van der Waals surface area contributed by atoms with Crippen molar-refractivity contribution < 1.29 is 14.3 Å². The highest BCUT2D eigenvalue weighted by Crippen LogP contribution is 2.29. The number of nitrogens with zero attached hydrogens (tertiary/aromatic N) is 3. The van der Waals surface area contributed by atoms with Crippen molar-refractivity contribution in [2.75, 3.05) is 19.0 Å². The van der Waals surface area contributed by atoms with Crippen molar-refractivity contribution in [2.24, 2.45) is 0 Å². The summed E-state index contributed by atoms with van der Waals surface area (Å²) in [5.74, 6) is -0.00294. The Bertz CT molecular complexity index is 965. The van der Waals surface area contributed by atoms with Crippen molar-refractivity contribution in [3.05, 3.63) is 39.8 Å². The van der Waals surface area contributed by atoms with Gasteiger partial charge in [0.2, 0.25) is 0 Å². The molecule has 0 radical (unpaired) electrons. The maximum absolute atomic E-state index is 12.8. The van der Waals surface area contributed by atoms with Gasteiger partial charge >= 0.3 is 6.09 Å². The maximum atomic E-state index is 12.8. The molecule has 7 nitrogen and oxygen atoms in total. The van der Waals surface area contributed by atoms with Gasteiger partial charge in [0.25, 0.3) is 5.91 Å². The van der Waals surface area contributed by atoms with Crippen LogP contribution < -0.4 is 5.32 Å². The summed E-state index contributed by atoms with van der Waals surface area (Å²) in [7, 11) is 1.31. The number of thiazole rings is 2. The van der Waals surface area contributed by atoms with E-state index in [0.717, 1.165) is 20.8 Å². The molecule has 1 N–H and O–H groups in total. The smallest absolute Gasteiger partial charge is 0.413 e. The van der Waals surface area contributed by atoms with Crippen LogP contribution in [0.15, 0.2) is 23.7 Å². The molecule has 3 heterocycles. The number of ether oxygens (including phenoxy) is 1. The number of amides is 2. The molecular weight excluding hydrogens is 360 g/mol. The molecule has 128 valence electrons. The molecule has 0 fully saturated rings. The minimum Gasteiger partial charge on any atom is -0.453 e. The summed E-state index contributed by atoms with van der Waals surface area (Å²) < 4.78 is 5.59. The molecule has 2 amide bonds. The van der Waals surface area contributed by atoms with Crippen molar-refractivity contribution >= 4 is 50.0 Å². The minimum atomic E-state index is -0.545. The summed E-state index contributed by atoms with van der Waals surface area (Å²) in [5.41, 5.74) is 4.28. The monoisotopic (exact) mass is 374 g/mol. The summed E-state index contributed by atoms with van der Waals surface area (Å²) in [6.07, 6.45) is 0.125. The fourth-order valence-corrected chi connectivity index (χ4v) is 4.46. The lowest BCUT2D eigenvalue weighted by Crippen LogP contribution is -2.35. The Morgan fingerprint density at radius 2 is 2.24 bits per heavy atom. The molecule has 0 atom stereocenters. The van der Waals surface area contributed by atoms with Gasteiger partial charge in [0.1, 0.15) is 0 Å². The highest BCUT2D eigenvalue weighted by atomic mass is 32.1. The molecule has 1 aromatic carbocycles. The molecule has 25 heavy (non-hydrogen) atoms. The van der Waals surface area contributed by atoms with Crippen LogP contribution in [0.25, 0.3) is 10.2 Å².